The molecule has 0 spiro atoms. The van der Waals surface area contributed by atoms with Gasteiger partial charge in [0.15, 0.2) is 0 Å². The minimum Gasteiger partial charge on any atom is -0.348 e. The highest BCUT2D eigenvalue weighted by molar-refractivity contribution is 6.30. The topological polar surface area (TPSA) is 78.5 Å². The fourth-order valence-corrected chi connectivity index (χ4v) is 3.30. The molecule has 1 aliphatic heterocycles. The summed E-state index contributed by atoms with van der Waals surface area (Å²) in [5.74, 6) is -3.02. The molecular weight excluding hydrogens is 404 g/mol. The van der Waals surface area contributed by atoms with Crippen LogP contribution < -0.4 is 10.6 Å². The van der Waals surface area contributed by atoms with Gasteiger partial charge in [0.1, 0.15) is 23.7 Å². The molecule has 0 aliphatic carbocycles. The number of nitrogens with one attached hydrogen (secondary N) is 2. The maximum Gasteiger partial charge on any atom is 0.325 e. The average molecular weight is 422 g/mol. The summed E-state index contributed by atoms with van der Waals surface area (Å²) in [6.45, 7) is 2.44. The zero-order valence-electron chi connectivity index (χ0n) is 15.6. The number of halogens is 3. The normalized spacial score (nSPS) is 19.8. The number of rotatable bonds is 5. The van der Waals surface area contributed by atoms with Gasteiger partial charge in [-0.05, 0) is 49.7 Å². The van der Waals surface area contributed by atoms with Crippen molar-refractivity contribution < 1.29 is 23.2 Å². The molecule has 1 heterocycles. The van der Waals surface area contributed by atoms with Gasteiger partial charge in [-0.1, -0.05) is 23.7 Å². The van der Waals surface area contributed by atoms with Gasteiger partial charge in [-0.2, -0.15) is 0 Å². The molecule has 0 radical (unpaired) electrons. The Kier molecular flexibility index (Phi) is 5.57. The van der Waals surface area contributed by atoms with Crippen molar-refractivity contribution in [2.75, 3.05) is 6.54 Å². The van der Waals surface area contributed by atoms with E-state index in [0.717, 1.165) is 23.8 Å². The van der Waals surface area contributed by atoms with Crippen molar-refractivity contribution in [2.24, 2.45) is 0 Å². The van der Waals surface area contributed by atoms with Crippen LogP contribution in [0.2, 0.25) is 5.02 Å². The van der Waals surface area contributed by atoms with Crippen molar-refractivity contribution in [3.63, 3.8) is 0 Å². The van der Waals surface area contributed by atoms with Crippen LogP contribution in [0.25, 0.3) is 0 Å². The van der Waals surface area contributed by atoms with Crippen LogP contribution in [0.15, 0.2) is 42.5 Å². The Balaban J connectivity index is 1.73. The van der Waals surface area contributed by atoms with Crippen LogP contribution in [0.5, 0.6) is 0 Å². The molecule has 2 N–H and O–H groups in total. The molecule has 0 saturated carbocycles. The SMILES string of the molecule is CC(NC(=O)CN1C(=O)NC(C)(c2cc(F)ccc2F)C1=O)c1ccc(Cl)cc1. The number of hydrogen-bond acceptors (Lipinski definition) is 3. The molecule has 9 heteroatoms. The third kappa shape index (κ3) is 4.07. The van der Waals surface area contributed by atoms with Gasteiger partial charge in [0.2, 0.25) is 5.91 Å². The first-order valence-corrected chi connectivity index (χ1v) is 9.14. The lowest BCUT2D eigenvalue weighted by Crippen LogP contribution is -2.44. The first-order valence-electron chi connectivity index (χ1n) is 8.76. The van der Waals surface area contributed by atoms with Gasteiger partial charge in [0, 0.05) is 10.6 Å². The molecule has 4 amide bonds. The zero-order chi connectivity index (χ0) is 21.3. The molecule has 6 nitrogen and oxygen atoms in total. The standard InChI is InChI=1S/C20H18ClF2N3O3/c1-11(12-3-5-13(21)6-4-12)24-17(27)10-26-18(28)20(2,25-19(26)29)15-9-14(22)7-8-16(15)23/h3-9,11H,10H2,1-2H3,(H,24,27)(H,25,29). The molecule has 2 aromatic carbocycles. The van der Waals surface area contributed by atoms with E-state index in [2.05, 4.69) is 10.6 Å². The van der Waals surface area contributed by atoms with E-state index in [1.807, 2.05) is 0 Å². The fourth-order valence-electron chi connectivity index (χ4n) is 3.17. The van der Waals surface area contributed by atoms with Crippen molar-refractivity contribution in [3.8, 4) is 0 Å². The zero-order valence-corrected chi connectivity index (χ0v) is 16.4. The Hall–Kier alpha value is -3.00. The molecule has 1 aliphatic rings. The predicted octanol–water partition coefficient (Wildman–Crippen LogP) is 3.26. The van der Waals surface area contributed by atoms with E-state index in [0.29, 0.717) is 9.92 Å². The first-order chi connectivity index (χ1) is 13.6. The summed E-state index contributed by atoms with van der Waals surface area (Å²) in [4.78, 5) is 38.1. The smallest absolute Gasteiger partial charge is 0.325 e. The Morgan fingerprint density at radius 3 is 2.52 bits per heavy atom. The number of hydrogen-bond donors (Lipinski definition) is 2. The van der Waals surface area contributed by atoms with E-state index in [9.17, 15) is 23.2 Å². The van der Waals surface area contributed by atoms with E-state index < -0.39 is 47.6 Å². The van der Waals surface area contributed by atoms with Crippen molar-refractivity contribution in [3.05, 3.63) is 70.2 Å². The molecule has 1 fully saturated rings. The van der Waals surface area contributed by atoms with Crippen LogP contribution >= 0.6 is 11.6 Å². The number of benzene rings is 2. The summed E-state index contributed by atoms with van der Waals surface area (Å²) in [5.41, 5.74) is -1.34. The van der Waals surface area contributed by atoms with Gasteiger partial charge in [0.05, 0.1) is 6.04 Å². The number of carbonyl (C=O) groups excluding carboxylic acids is 3. The van der Waals surface area contributed by atoms with Crippen molar-refractivity contribution in [1.29, 1.82) is 0 Å². The fraction of sp³-hybridized carbons (Fsp3) is 0.250. The molecule has 2 aromatic rings. The maximum atomic E-state index is 14.2. The first kappa shape index (κ1) is 20.7. The predicted molar refractivity (Wildman–Crippen MR) is 102 cm³/mol. The summed E-state index contributed by atoms with van der Waals surface area (Å²) in [6.07, 6.45) is 0. The second-order valence-corrected chi connectivity index (χ2v) is 7.35. The summed E-state index contributed by atoms with van der Waals surface area (Å²) >= 11 is 5.84. The Morgan fingerprint density at radius 1 is 1.21 bits per heavy atom. The molecule has 0 bridgehead atoms. The number of urea groups is 1. The molecule has 0 aromatic heterocycles. The van der Waals surface area contributed by atoms with Crippen LogP contribution in [-0.2, 0) is 15.1 Å². The summed E-state index contributed by atoms with van der Waals surface area (Å²) in [5, 5.41) is 5.58. The van der Waals surface area contributed by atoms with Crippen LogP contribution in [-0.4, -0.2) is 29.3 Å². The second-order valence-electron chi connectivity index (χ2n) is 6.91. The molecular formula is C20H18ClF2N3O3. The maximum absolute atomic E-state index is 14.2. The Labute approximate surface area is 170 Å². The second kappa shape index (κ2) is 7.79. The minimum atomic E-state index is -1.81. The average Bonchev–Trinajstić information content (AvgIpc) is 2.88. The van der Waals surface area contributed by atoms with E-state index in [4.69, 9.17) is 11.6 Å². The van der Waals surface area contributed by atoms with Crippen LogP contribution in [0.4, 0.5) is 13.6 Å². The lowest BCUT2D eigenvalue weighted by molar-refractivity contribution is -0.135. The van der Waals surface area contributed by atoms with Crippen molar-refractivity contribution in [1.82, 2.24) is 15.5 Å². The highest BCUT2D eigenvalue weighted by Gasteiger charge is 2.50. The lowest BCUT2D eigenvalue weighted by atomic mass is 9.91. The summed E-state index contributed by atoms with van der Waals surface area (Å²) in [6, 6.07) is 8.20. The number of imide groups is 1. The molecule has 152 valence electrons. The Morgan fingerprint density at radius 2 is 1.86 bits per heavy atom. The van der Waals surface area contributed by atoms with Gasteiger partial charge < -0.3 is 10.6 Å². The number of nitrogens with zero attached hydrogens (tertiary/aromatic N) is 1. The highest BCUT2D eigenvalue weighted by atomic mass is 35.5. The number of carbonyl (C=O) groups is 3. The van der Waals surface area contributed by atoms with Gasteiger partial charge in [-0.25, -0.2) is 13.6 Å². The van der Waals surface area contributed by atoms with Gasteiger partial charge >= 0.3 is 6.03 Å². The van der Waals surface area contributed by atoms with Gasteiger partial charge in [-0.3, -0.25) is 14.5 Å². The van der Waals surface area contributed by atoms with Crippen molar-refractivity contribution in [2.45, 2.75) is 25.4 Å². The third-order valence-electron chi connectivity index (χ3n) is 4.79. The van der Waals surface area contributed by atoms with Crippen LogP contribution in [0.1, 0.15) is 31.0 Å². The molecule has 2 unspecified atom stereocenters. The van der Waals surface area contributed by atoms with Gasteiger partial charge in [0.25, 0.3) is 5.91 Å². The summed E-state index contributed by atoms with van der Waals surface area (Å²) < 4.78 is 27.7. The highest BCUT2D eigenvalue weighted by Crippen LogP contribution is 2.31. The van der Waals surface area contributed by atoms with E-state index in [1.165, 1.54) is 6.92 Å². The van der Waals surface area contributed by atoms with E-state index in [-0.39, 0.29) is 5.56 Å². The molecule has 2 atom stereocenters. The van der Waals surface area contributed by atoms with Crippen LogP contribution in [0, 0.1) is 11.6 Å². The lowest BCUT2D eigenvalue weighted by Gasteiger charge is -2.23. The van der Waals surface area contributed by atoms with Crippen molar-refractivity contribution >= 4 is 29.4 Å². The Bertz CT molecular complexity index is 983. The number of amides is 4. The molecule has 3 rings (SSSR count). The van der Waals surface area contributed by atoms with E-state index >= 15 is 0 Å². The molecule has 1 saturated heterocycles. The quantitative estimate of drug-likeness (QED) is 0.727. The summed E-state index contributed by atoms with van der Waals surface area (Å²) in [7, 11) is 0. The van der Waals surface area contributed by atoms with Gasteiger partial charge in [-0.15, -0.1) is 0 Å². The third-order valence-corrected chi connectivity index (χ3v) is 5.04. The minimum absolute atomic E-state index is 0.312. The van der Waals surface area contributed by atoms with Crippen LogP contribution in [0.3, 0.4) is 0 Å². The van der Waals surface area contributed by atoms with E-state index in [1.54, 1.807) is 31.2 Å². The monoisotopic (exact) mass is 421 g/mol. The molecule has 29 heavy (non-hydrogen) atoms. The largest absolute Gasteiger partial charge is 0.348 e.